The van der Waals surface area contributed by atoms with Crippen molar-refractivity contribution in [2.24, 2.45) is 0 Å². The van der Waals surface area contributed by atoms with Crippen LogP contribution in [0.2, 0.25) is 0 Å². The van der Waals surface area contributed by atoms with Gasteiger partial charge in [0.15, 0.2) is 0 Å². The molecule has 0 saturated carbocycles. The first kappa shape index (κ1) is 18.7. The van der Waals surface area contributed by atoms with Gasteiger partial charge in [-0.1, -0.05) is 52.9 Å². The van der Waals surface area contributed by atoms with Crippen LogP contribution >= 0.6 is 0 Å². The highest BCUT2D eigenvalue weighted by Gasteiger charge is 1.80. The predicted molar refractivity (Wildman–Crippen MR) is 60.0 cm³/mol. The van der Waals surface area contributed by atoms with Gasteiger partial charge in [0.25, 0.3) is 0 Å². The smallest absolute Gasteiger partial charge is 0.0428 e. The summed E-state index contributed by atoms with van der Waals surface area (Å²) in [6, 6.07) is 0. The molecule has 0 bridgehead atoms. The zero-order valence-corrected chi connectivity index (χ0v) is 9.84. The van der Waals surface area contributed by atoms with Crippen LogP contribution in [0.5, 0.6) is 0 Å². The zero-order valence-electron chi connectivity index (χ0n) is 9.84. The Bertz CT molecular complexity index is 41.4. The summed E-state index contributed by atoms with van der Waals surface area (Å²) < 4.78 is 0. The second-order valence-electron chi connectivity index (χ2n) is 2.78. The van der Waals surface area contributed by atoms with Crippen LogP contribution in [-0.4, -0.2) is 23.9 Å². The normalized spacial score (nSPS) is 7.85. The van der Waals surface area contributed by atoms with E-state index >= 15 is 0 Å². The molecular weight excluding hydrogens is 164 g/mol. The highest BCUT2D eigenvalue weighted by atomic mass is 16.3. The Kier molecular flexibility index (Phi) is 42.6. The Labute approximate surface area is 84.0 Å². The van der Waals surface area contributed by atoms with E-state index in [-0.39, 0.29) is 0 Å². The molecule has 0 spiro atoms. The number of unbranched alkanes of at least 4 members (excludes halogenated alkanes) is 4. The second kappa shape index (κ2) is 29.7. The molecule has 2 nitrogen and oxygen atoms in total. The summed E-state index contributed by atoms with van der Waals surface area (Å²) in [5.41, 5.74) is 0. The molecule has 2 N–H and O–H groups in total. The summed E-state index contributed by atoms with van der Waals surface area (Å²) in [5.74, 6) is 0. The Balaban J connectivity index is -0.000000142. The minimum absolute atomic E-state index is 0.319. The standard InChI is InChI=1S/C7H16.C3H8O.CH4O/c1-3-5-7-6-4-2;1-2-3-4;1-2/h3-7H2,1-2H3;4H,2-3H2,1H3;2H,1H3. The average molecular weight is 192 g/mol. The molecule has 13 heavy (non-hydrogen) atoms. The number of aliphatic hydroxyl groups is 2. The molecule has 0 amide bonds. The van der Waals surface area contributed by atoms with Crippen LogP contribution in [0.25, 0.3) is 0 Å². The molecule has 0 aliphatic rings. The molecule has 0 fully saturated rings. The summed E-state index contributed by atoms with van der Waals surface area (Å²) in [6.07, 6.45) is 7.88. The van der Waals surface area contributed by atoms with E-state index in [0.29, 0.717) is 6.61 Å². The molecule has 0 aromatic heterocycles. The van der Waals surface area contributed by atoms with E-state index in [1.165, 1.54) is 32.1 Å². The van der Waals surface area contributed by atoms with Gasteiger partial charge in [-0.25, -0.2) is 0 Å². The zero-order chi connectivity index (χ0) is 10.9. The fraction of sp³-hybridized carbons (Fsp3) is 1.00. The van der Waals surface area contributed by atoms with Crippen LogP contribution in [0.15, 0.2) is 0 Å². The maximum Gasteiger partial charge on any atom is 0.0428 e. The lowest BCUT2D eigenvalue weighted by Gasteiger charge is -1.90. The number of aliphatic hydroxyl groups excluding tert-OH is 2. The molecule has 0 aliphatic heterocycles. The maximum absolute atomic E-state index is 7.88. The van der Waals surface area contributed by atoms with Gasteiger partial charge in [-0.3, -0.25) is 0 Å². The summed E-state index contributed by atoms with van der Waals surface area (Å²) >= 11 is 0. The molecule has 0 rings (SSSR count). The van der Waals surface area contributed by atoms with E-state index in [9.17, 15) is 0 Å². The van der Waals surface area contributed by atoms with Crippen molar-refractivity contribution in [2.75, 3.05) is 13.7 Å². The summed E-state index contributed by atoms with van der Waals surface area (Å²) in [6.45, 7) is 6.74. The molecule has 84 valence electrons. The first-order valence-corrected chi connectivity index (χ1v) is 5.38. The fourth-order valence-electron chi connectivity index (χ4n) is 0.677. The largest absolute Gasteiger partial charge is 0.400 e. The third-order valence-electron chi connectivity index (χ3n) is 1.43. The van der Waals surface area contributed by atoms with E-state index in [4.69, 9.17) is 10.2 Å². The molecule has 0 aliphatic carbocycles. The van der Waals surface area contributed by atoms with Crippen molar-refractivity contribution in [3.63, 3.8) is 0 Å². The molecule has 0 atom stereocenters. The lowest BCUT2D eigenvalue weighted by atomic mass is 10.2. The van der Waals surface area contributed by atoms with Crippen molar-refractivity contribution in [1.29, 1.82) is 0 Å². The predicted octanol–water partition coefficient (Wildman–Crippen LogP) is 2.97. The van der Waals surface area contributed by atoms with Crippen molar-refractivity contribution in [3.8, 4) is 0 Å². The number of hydrogen-bond donors (Lipinski definition) is 2. The molecular formula is C11H28O2. The quantitative estimate of drug-likeness (QED) is 0.657. The third kappa shape index (κ3) is 48.5. The lowest BCUT2D eigenvalue weighted by Crippen LogP contribution is -1.70. The molecule has 0 aromatic rings. The lowest BCUT2D eigenvalue weighted by molar-refractivity contribution is 0.295. The van der Waals surface area contributed by atoms with Crippen molar-refractivity contribution >= 4 is 0 Å². The van der Waals surface area contributed by atoms with E-state index in [1.807, 2.05) is 6.92 Å². The van der Waals surface area contributed by atoms with Gasteiger partial charge in [0.05, 0.1) is 0 Å². The van der Waals surface area contributed by atoms with Crippen LogP contribution in [0.4, 0.5) is 0 Å². The summed E-state index contributed by atoms with van der Waals surface area (Å²) in [5, 5.41) is 14.9. The van der Waals surface area contributed by atoms with Gasteiger partial charge in [0.1, 0.15) is 0 Å². The van der Waals surface area contributed by atoms with Crippen molar-refractivity contribution < 1.29 is 10.2 Å². The van der Waals surface area contributed by atoms with Crippen LogP contribution in [-0.2, 0) is 0 Å². The third-order valence-corrected chi connectivity index (χ3v) is 1.43. The monoisotopic (exact) mass is 192 g/mol. The van der Waals surface area contributed by atoms with Gasteiger partial charge in [0, 0.05) is 13.7 Å². The number of hydrogen-bond acceptors (Lipinski definition) is 2. The van der Waals surface area contributed by atoms with Gasteiger partial charge in [-0.2, -0.15) is 0 Å². The maximum atomic E-state index is 7.88. The van der Waals surface area contributed by atoms with E-state index in [0.717, 1.165) is 13.5 Å². The van der Waals surface area contributed by atoms with Gasteiger partial charge >= 0.3 is 0 Å². The van der Waals surface area contributed by atoms with E-state index in [1.54, 1.807) is 0 Å². The second-order valence-corrected chi connectivity index (χ2v) is 2.78. The Hall–Kier alpha value is -0.0800. The van der Waals surface area contributed by atoms with Crippen LogP contribution in [0, 0.1) is 0 Å². The van der Waals surface area contributed by atoms with Gasteiger partial charge in [-0.05, 0) is 6.42 Å². The first-order valence-electron chi connectivity index (χ1n) is 5.38. The average Bonchev–Trinajstić information content (AvgIpc) is 2.22. The van der Waals surface area contributed by atoms with Crippen LogP contribution < -0.4 is 0 Å². The number of rotatable bonds is 5. The highest BCUT2D eigenvalue weighted by Crippen LogP contribution is 2.00. The molecule has 2 heteroatoms. The SMILES string of the molecule is CCCCCCC.CCCO.CO. The van der Waals surface area contributed by atoms with Gasteiger partial charge in [-0.15, -0.1) is 0 Å². The van der Waals surface area contributed by atoms with Crippen LogP contribution in [0.3, 0.4) is 0 Å². The summed E-state index contributed by atoms with van der Waals surface area (Å²) in [7, 11) is 1.00. The van der Waals surface area contributed by atoms with Crippen molar-refractivity contribution in [1.82, 2.24) is 0 Å². The topological polar surface area (TPSA) is 40.5 Å². The molecule has 0 unspecified atom stereocenters. The van der Waals surface area contributed by atoms with Gasteiger partial charge < -0.3 is 10.2 Å². The molecule has 0 radical (unpaired) electrons. The van der Waals surface area contributed by atoms with Crippen LogP contribution in [0.1, 0.15) is 59.3 Å². The minimum atomic E-state index is 0.319. The highest BCUT2D eigenvalue weighted by molar-refractivity contribution is 4.35. The molecule has 0 aromatic carbocycles. The molecule has 0 heterocycles. The van der Waals surface area contributed by atoms with Crippen molar-refractivity contribution in [3.05, 3.63) is 0 Å². The van der Waals surface area contributed by atoms with E-state index in [2.05, 4.69) is 13.8 Å². The van der Waals surface area contributed by atoms with Crippen molar-refractivity contribution in [2.45, 2.75) is 59.3 Å². The summed E-state index contributed by atoms with van der Waals surface area (Å²) in [4.78, 5) is 0. The Morgan fingerprint density at radius 3 is 1.15 bits per heavy atom. The Morgan fingerprint density at radius 2 is 1.00 bits per heavy atom. The Morgan fingerprint density at radius 1 is 0.692 bits per heavy atom. The fourth-order valence-corrected chi connectivity index (χ4v) is 0.677. The molecule has 0 saturated heterocycles. The minimum Gasteiger partial charge on any atom is -0.400 e. The first-order chi connectivity index (χ1) is 6.33. The van der Waals surface area contributed by atoms with Gasteiger partial charge in [0.2, 0.25) is 0 Å². The van der Waals surface area contributed by atoms with E-state index < -0.39 is 0 Å².